The minimum absolute atomic E-state index is 0.272. The molecule has 0 bridgehead atoms. The number of hydrogen-bond donors (Lipinski definition) is 2. The molecular formula is C12H17N2O2P. The van der Waals surface area contributed by atoms with Gasteiger partial charge in [-0.1, -0.05) is 30.4 Å². The van der Waals surface area contributed by atoms with Gasteiger partial charge in [-0.05, 0) is 12.1 Å². The van der Waals surface area contributed by atoms with Crippen molar-refractivity contribution in [1.29, 1.82) is 0 Å². The highest BCUT2D eigenvalue weighted by molar-refractivity contribution is 7.57. The van der Waals surface area contributed by atoms with Crippen molar-refractivity contribution in [3.05, 3.63) is 55.6 Å². The SMILES string of the molecule is C=CCNP(=O)(O)N(CC=C)c1ccccc1. The molecule has 1 unspecified atom stereocenters. The van der Waals surface area contributed by atoms with Gasteiger partial charge in [-0.3, -0.25) is 4.67 Å². The van der Waals surface area contributed by atoms with E-state index in [-0.39, 0.29) is 6.54 Å². The molecule has 2 N–H and O–H groups in total. The lowest BCUT2D eigenvalue weighted by Gasteiger charge is -2.28. The standard InChI is InChI=1S/C12H17N2O2P/c1-3-10-13-17(15,16)14(11-4-2)12-8-6-5-7-9-12/h3-9H,1-2,10-11H2,(H2,13,15,16). The summed E-state index contributed by atoms with van der Waals surface area (Å²) < 4.78 is 13.5. The molecule has 5 heteroatoms. The molecule has 0 saturated carbocycles. The van der Waals surface area contributed by atoms with Crippen molar-refractivity contribution in [1.82, 2.24) is 5.09 Å². The third-order valence-corrected chi connectivity index (χ3v) is 3.77. The van der Waals surface area contributed by atoms with Gasteiger partial charge in [0, 0.05) is 18.8 Å². The fourth-order valence-electron chi connectivity index (χ4n) is 1.36. The van der Waals surface area contributed by atoms with Gasteiger partial charge >= 0.3 is 7.67 Å². The number of hydrogen-bond acceptors (Lipinski definition) is 1. The first-order valence-corrected chi connectivity index (χ1v) is 6.86. The first-order chi connectivity index (χ1) is 8.11. The van der Waals surface area contributed by atoms with E-state index in [9.17, 15) is 9.46 Å². The maximum absolute atomic E-state index is 12.1. The van der Waals surface area contributed by atoms with Crippen LogP contribution in [0, 0.1) is 0 Å². The fraction of sp³-hybridized carbons (Fsp3) is 0.167. The second kappa shape index (κ2) is 6.40. The van der Waals surface area contributed by atoms with Crippen molar-refractivity contribution in [2.75, 3.05) is 17.8 Å². The molecule has 0 aliphatic carbocycles. The van der Waals surface area contributed by atoms with Crippen LogP contribution in [-0.2, 0) is 4.57 Å². The number of rotatable bonds is 7. The number of nitrogens with zero attached hydrogens (tertiary/aromatic N) is 1. The summed E-state index contributed by atoms with van der Waals surface area (Å²) in [6, 6.07) is 9.05. The molecule has 0 heterocycles. The van der Waals surface area contributed by atoms with E-state index in [1.807, 2.05) is 18.2 Å². The molecule has 92 valence electrons. The molecule has 4 nitrogen and oxygen atoms in total. The molecule has 1 aromatic carbocycles. The second-order valence-electron chi connectivity index (χ2n) is 3.40. The molecule has 0 aromatic heterocycles. The van der Waals surface area contributed by atoms with Crippen LogP contribution in [0.5, 0.6) is 0 Å². The first kappa shape index (κ1) is 13.7. The van der Waals surface area contributed by atoms with E-state index in [0.717, 1.165) is 0 Å². The maximum atomic E-state index is 12.1. The molecule has 1 rings (SSSR count). The smallest absolute Gasteiger partial charge is 0.317 e. The van der Waals surface area contributed by atoms with Crippen molar-refractivity contribution < 1.29 is 9.46 Å². The normalized spacial score (nSPS) is 13.7. The molecule has 1 aromatic rings. The van der Waals surface area contributed by atoms with Gasteiger partial charge in [-0.2, -0.15) is 0 Å². The van der Waals surface area contributed by atoms with Crippen LogP contribution in [0.25, 0.3) is 0 Å². The van der Waals surface area contributed by atoms with Gasteiger partial charge in [0.2, 0.25) is 0 Å². The largest absolute Gasteiger partial charge is 0.366 e. The summed E-state index contributed by atoms with van der Waals surface area (Å²) in [7, 11) is -3.62. The molecule has 0 amide bonds. The Morgan fingerprint density at radius 3 is 2.47 bits per heavy atom. The van der Waals surface area contributed by atoms with E-state index in [1.54, 1.807) is 24.3 Å². The lowest BCUT2D eigenvalue weighted by Crippen LogP contribution is -2.28. The van der Waals surface area contributed by atoms with E-state index >= 15 is 0 Å². The minimum Gasteiger partial charge on any atom is -0.317 e. The van der Waals surface area contributed by atoms with E-state index in [1.165, 1.54) is 4.67 Å². The van der Waals surface area contributed by atoms with Gasteiger partial charge < -0.3 is 4.89 Å². The molecule has 17 heavy (non-hydrogen) atoms. The minimum atomic E-state index is -3.62. The number of para-hydroxylation sites is 1. The molecule has 0 aliphatic heterocycles. The third kappa shape index (κ3) is 3.86. The van der Waals surface area contributed by atoms with Crippen LogP contribution in [0.1, 0.15) is 0 Å². The Morgan fingerprint density at radius 2 is 1.94 bits per heavy atom. The fourth-order valence-corrected chi connectivity index (χ4v) is 2.68. The quantitative estimate of drug-likeness (QED) is 0.578. The molecule has 0 fully saturated rings. The van der Waals surface area contributed by atoms with E-state index < -0.39 is 7.67 Å². The molecular weight excluding hydrogens is 235 g/mol. The Kier molecular flexibility index (Phi) is 5.16. The highest BCUT2D eigenvalue weighted by Crippen LogP contribution is 2.43. The zero-order chi connectivity index (χ0) is 12.7. The molecule has 0 spiro atoms. The van der Waals surface area contributed by atoms with Crippen LogP contribution >= 0.6 is 7.67 Å². The van der Waals surface area contributed by atoms with Crippen molar-refractivity contribution in [2.45, 2.75) is 0 Å². The molecule has 0 radical (unpaired) electrons. The van der Waals surface area contributed by atoms with Crippen molar-refractivity contribution in [2.24, 2.45) is 0 Å². The van der Waals surface area contributed by atoms with E-state index in [4.69, 9.17) is 0 Å². The monoisotopic (exact) mass is 252 g/mol. The molecule has 0 saturated heterocycles. The van der Waals surface area contributed by atoms with Gasteiger partial charge in [-0.25, -0.2) is 9.65 Å². The topological polar surface area (TPSA) is 52.6 Å². The predicted octanol–water partition coefficient (Wildman–Crippen LogP) is 2.56. The van der Waals surface area contributed by atoms with Crippen LogP contribution in [0.3, 0.4) is 0 Å². The van der Waals surface area contributed by atoms with Crippen molar-refractivity contribution in [3.8, 4) is 0 Å². The Morgan fingerprint density at radius 1 is 1.29 bits per heavy atom. The summed E-state index contributed by atoms with van der Waals surface area (Å²) in [5.41, 5.74) is 0.676. The van der Waals surface area contributed by atoms with Crippen LogP contribution in [-0.4, -0.2) is 18.0 Å². The summed E-state index contributed by atoms with van der Waals surface area (Å²) in [5.74, 6) is 0. The summed E-state index contributed by atoms with van der Waals surface area (Å²) in [5, 5.41) is 2.56. The van der Waals surface area contributed by atoms with Gasteiger partial charge in [0.1, 0.15) is 0 Å². The Hall–Kier alpha value is -1.35. The van der Waals surface area contributed by atoms with Crippen LogP contribution in [0.15, 0.2) is 55.6 Å². The van der Waals surface area contributed by atoms with Gasteiger partial charge in [-0.15, -0.1) is 13.2 Å². The van der Waals surface area contributed by atoms with Crippen LogP contribution < -0.4 is 9.76 Å². The van der Waals surface area contributed by atoms with Crippen molar-refractivity contribution >= 4 is 13.4 Å². The van der Waals surface area contributed by atoms with E-state index in [2.05, 4.69) is 18.2 Å². The van der Waals surface area contributed by atoms with Gasteiger partial charge in [0.05, 0.1) is 0 Å². The van der Waals surface area contributed by atoms with Crippen LogP contribution in [0.2, 0.25) is 0 Å². The lowest BCUT2D eigenvalue weighted by atomic mass is 10.3. The summed E-state index contributed by atoms with van der Waals surface area (Å²) >= 11 is 0. The summed E-state index contributed by atoms with van der Waals surface area (Å²) in [6.07, 6.45) is 3.13. The van der Waals surface area contributed by atoms with Crippen LogP contribution in [0.4, 0.5) is 5.69 Å². The van der Waals surface area contributed by atoms with Gasteiger partial charge in [0.25, 0.3) is 0 Å². The highest BCUT2D eigenvalue weighted by Gasteiger charge is 2.26. The van der Waals surface area contributed by atoms with Crippen molar-refractivity contribution in [3.63, 3.8) is 0 Å². The lowest BCUT2D eigenvalue weighted by molar-refractivity contribution is 0.462. The number of benzene rings is 1. The highest BCUT2D eigenvalue weighted by atomic mass is 31.2. The number of anilines is 1. The predicted molar refractivity (Wildman–Crippen MR) is 72.0 cm³/mol. The second-order valence-corrected chi connectivity index (χ2v) is 5.29. The molecule has 1 atom stereocenters. The Balaban J connectivity index is 2.96. The Labute approximate surface area is 102 Å². The average molecular weight is 252 g/mol. The maximum Gasteiger partial charge on any atom is 0.366 e. The summed E-state index contributed by atoms with van der Waals surface area (Å²) in [4.78, 5) is 9.96. The molecule has 0 aliphatic rings. The zero-order valence-electron chi connectivity index (χ0n) is 9.62. The van der Waals surface area contributed by atoms with Gasteiger partial charge in [0.15, 0.2) is 0 Å². The third-order valence-electron chi connectivity index (χ3n) is 2.13. The zero-order valence-corrected chi connectivity index (χ0v) is 10.5. The van der Waals surface area contributed by atoms with E-state index in [0.29, 0.717) is 12.2 Å². The first-order valence-electron chi connectivity index (χ1n) is 5.24. The average Bonchev–Trinajstić information content (AvgIpc) is 2.34. The Bertz CT molecular complexity index is 420. The summed E-state index contributed by atoms with van der Waals surface area (Å²) in [6.45, 7) is 7.67. The number of nitrogens with one attached hydrogen (secondary N) is 1.